The van der Waals surface area contributed by atoms with E-state index in [4.69, 9.17) is 5.26 Å². The molecule has 0 N–H and O–H groups in total. The Morgan fingerprint density at radius 3 is 2.47 bits per heavy atom. The molecule has 0 heterocycles. The number of Topliss-reactive ketones (excluding diaryl/α,β-unsaturated/α-hetero) is 1. The van der Waals surface area contributed by atoms with Crippen LogP contribution in [0.4, 0.5) is 13.2 Å². The highest BCUT2D eigenvalue weighted by atomic mass is 19.3. The Balaban J connectivity index is 3.45. The molecule has 1 aromatic rings. The molecule has 0 aromatic heterocycles. The number of hydrogen-bond donors (Lipinski definition) is 0. The van der Waals surface area contributed by atoms with Crippen LogP contribution < -0.4 is 0 Å². The van der Waals surface area contributed by atoms with Crippen molar-refractivity contribution in [3.05, 3.63) is 34.6 Å². The van der Waals surface area contributed by atoms with Gasteiger partial charge in [-0.15, -0.1) is 0 Å². The van der Waals surface area contributed by atoms with E-state index in [9.17, 15) is 18.0 Å². The Labute approximate surface area is 83.9 Å². The number of rotatable bonds is 2. The third kappa shape index (κ3) is 2.15. The van der Waals surface area contributed by atoms with Crippen molar-refractivity contribution in [2.24, 2.45) is 0 Å². The SMILES string of the molecule is CC(=O)c1cc(C(F)F)c(F)cc1C#N. The highest BCUT2D eigenvalue weighted by Gasteiger charge is 2.18. The van der Waals surface area contributed by atoms with Crippen LogP contribution in [0.5, 0.6) is 0 Å². The maximum Gasteiger partial charge on any atom is 0.266 e. The highest BCUT2D eigenvalue weighted by Crippen LogP contribution is 2.25. The van der Waals surface area contributed by atoms with Gasteiger partial charge in [0.15, 0.2) is 5.78 Å². The van der Waals surface area contributed by atoms with Gasteiger partial charge < -0.3 is 0 Å². The van der Waals surface area contributed by atoms with Gasteiger partial charge in [0.05, 0.1) is 17.2 Å². The van der Waals surface area contributed by atoms with Gasteiger partial charge in [-0.05, 0) is 19.1 Å². The minimum Gasteiger partial charge on any atom is -0.294 e. The van der Waals surface area contributed by atoms with E-state index < -0.39 is 23.6 Å². The minimum atomic E-state index is -3.00. The first-order chi connectivity index (χ1) is 6.97. The number of nitrogens with zero attached hydrogens (tertiary/aromatic N) is 1. The molecule has 1 aromatic carbocycles. The van der Waals surface area contributed by atoms with E-state index in [-0.39, 0.29) is 11.1 Å². The van der Waals surface area contributed by atoms with Gasteiger partial charge in [-0.1, -0.05) is 0 Å². The van der Waals surface area contributed by atoms with Gasteiger partial charge in [0.25, 0.3) is 6.43 Å². The first kappa shape index (κ1) is 11.2. The van der Waals surface area contributed by atoms with Gasteiger partial charge in [-0.25, -0.2) is 13.2 Å². The third-order valence-corrected chi connectivity index (χ3v) is 1.87. The summed E-state index contributed by atoms with van der Waals surface area (Å²) in [7, 11) is 0. The lowest BCUT2D eigenvalue weighted by atomic mass is 10.0. The van der Waals surface area contributed by atoms with Crippen LogP contribution in [0.1, 0.15) is 34.8 Å². The minimum absolute atomic E-state index is 0.186. The molecule has 0 aliphatic rings. The van der Waals surface area contributed by atoms with E-state index in [0.717, 1.165) is 13.0 Å². The Hall–Kier alpha value is -1.83. The van der Waals surface area contributed by atoms with Crippen molar-refractivity contribution >= 4 is 5.78 Å². The monoisotopic (exact) mass is 213 g/mol. The number of hydrogen-bond acceptors (Lipinski definition) is 2. The number of ketones is 1. The Bertz CT molecular complexity index is 449. The molecular formula is C10H6F3NO. The maximum absolute atomic E-state index is 13.0. The molecule has 5 heteroatoms. The van der Waals surface area contributed by atoms with Crippen molar-refractivity contribution < 1.29 is 18.0 Å². The lowest BCUT2D eigenvalue weighted by Crippen LogP contribution is -2.02. The fourth-order valence-corrected chi connectivity index (χ4v) is 1.14. The van der Waals surface area contributed by atoms with Crippen molar-refractivity contribution in [1.29, 1.82) is 5.26 Å². The Morgan fingerprint density at radius 1 is 1.47 bits per heavy atom. The van der Waals surface area contributed by atoms with Crippen molar-refractivity contribution in [2.45, 2.75) is 13.3 Å². The summed E-state index contributed by atoms with van der Waals surface area (Å²) in [5.41, 5.74) is -1.28. The first-order valence-corrected chi connectivity index (χ1v) is 4.00. The number of alkyl halides is 2. The van der Waals surface area contributed by atoms with Gasteiger partial charge in [0, 0.05) is 5.56 Å². The van der Waals surface area contributed by atoms with E-state index in [1.54, 1.807) is 6.07 Å². The highest BCUT2D eigenvalue weighted by molar-refractivity contribution is 5.96. The molecule has 0 aliphatic carbocycles. The zero-order chi connectivity index (χ0) is 11.6. The second kappa shape index (κ2) is 4.13. The van der Waals surface area contributed by atoms with Crippen LogP contribution in [-0.2, 0) is 0 Å². The Morgan fingerprint density at radius 2 is 2.07 bits per heavy atom. The lowest BCUT2D eigenvalue weighted by Gasteiger charge is -2.05. The molecule has 0 aliphatic heterocycles. The molecule has 0 amide bonds. The van der Waals surface area contributed by atoms with Gasteiger partial charge in [0.2, 0.25) is 0 Å². The van der Waals surface area contributed by atoms with Crippen LogP contribution in [0.3, 0.4) is 0 Å². The van der Waals surface area contributed by atoms with Crippen LogP contribution >= 0.6 is 0 Å². The summed E-state index contributed by atoms with van der Waals surface area (Å²) in [5, 5.41) is 8.56. The van der Waals surface area contributed by atoms with Crippen LogP contribution in [0, 0.1) is 17.1 Å². The summed E-state index contributed by atoms with van der Waals surface area (Å²) in [6, 6.07) is 2.95. The average Bonchev–Trinajstić information content (AvgIpc) is 2.16. The summed E-state index contributed by atoms with van der Waals surface area (Å²) >= 11 is 0. The molecule has 0 unspecified atom stereocenters. The number of halogens is 3. The van der Waals surface area contributed by atoms with Crippen LogP contribution in [-0.4, -0.2) is 5.78 Å². The van der Waals surface area contributed by atoms with Crippen LogP contribution in [0.15, 0.2) is 12.1 Å². The summed E-state index contributed by atoms with van der Waals surface area (Å²) in [6.07, 6.45) is -3.00. The smallest absolute Gasteiger partial charge is 0.266 e. The lowest BCUT2D eigenvalue weighted by molar-refractivity contribution is 0.101. The summed E-state index contributed by atoms with van der Waals surface area (Å²) in [6.45, 7) is 1.13. The van der Waals surface area contributed by atoms with Gasteiger partial charge >= 0.3 is 0 Å². The van der Waals surface area contributed by atoms with Crippen molar-refractivity contribution in [3.63, 3.8) is 0 Å². The summed E-state index contributed by atoms with van der Waals surface area (Å²) in [4.78, 5) is 11.0. The first-order valence-electron chi connectivity index (χ1n) is 4.00. The van der Waals surface area contributed by atoms with Crippen molar-refractivity contribution in [2.75, 3.05) is 0 Å². The second-order valence-electron chi connectivity index (χ2n) is 2.89. The number of carbonyl (C=O) groups excluding carboxylic acids is 1. The predicted octanol–water partition coefficient (Wildman–Crippen LogP) is 2.84. The fourth-order valence-electron chi connectivity index (χ4n) is 1.14. The third-order valence-electron chi connectivity index (χ3n) is 1.87. The number of nitriles is 1. The number of carbonyl (C=O) groups is 1. The molecule has 78 valence electrons. The van der Waals surface area contributed by atoms with E-state index >= 15 is 0 Å². The standard InChI is InChI=1S/C10H6F3NO/c1-5(15)7-3-8(10(12)13)9(11)2-6(7)4-14/h2-3,10H,1H3. The largest absolute Gasteiger partial charge is 0.294 e. The normalized spacial score (nSPS) is 10.1. The average molecular weight is 213 g/mol. The second-order valence-corrected chi connectivity index (χ2v) is 2.89. The van der Waals surface area contributed by atoms with E-state index in [2.05, 4.69) is 0 Å². The van der Waals surface area contributed by atoms with E-state index in [1.165, 1.54) is 0 Å². The molecule has 1 rings (SSSR count). The van der Waals surface area contributed by atoms with Gasteiger partial charge in [0.1, 0.15) is 5.82 Å². The summed E-state index contributed by atoms with van der Waals surface area (Å²) < 4.78 is 37.5. The number of benzene rings is 1. The molecular weight excluding hydrogens is 207 g/mol. The molecule has 2 nitrogen and oxygen atoms in total. The zero-order valence-electron chi connectivity index (χ0n) is 7.72. The van der Waals surface area contributed by atoms with Crippen molar-refractivity contribution in [1.82, 2.24) is 0 Å². The predicted molar refractivity (Wildman–Crippen MR) is 46.1 cm³/mol. The maximum atomic E-state index is 13.0. The van der Waals surface area contributed by atoms with Gasteiger partial charge in [-0.2, -0.15) is 5.26 Å². The molecule has 0 saturated heterocycles. The van der Waals surface area contributed by atoms with Crippen LogP contribution in [0.25, 0.3) is 0 Å². The van der Waals surface area contributed by atoms with Crippen molar-refractivity contribution in [3.8, 4) is 6.07 Å². The summed E-state index contributed by atoms with van der Waals surface area (Å²) in [5.74, 6) is -1.72. The van der Waals surface area contributed by atoms with E-state index in [1.807, 2.05) is 0 Å². The Kier molecular flexibility index (Phi) is 3.10. The van der Waals surface area contributed by atoms with Crippen LogP contribution in [0.2, 0.25) is 0 Å². The van der Waals surface area contributed by atoms with E-state index in [0.29, 0.717) is 6.07 Å². The fraction of sp³-hybridized carbons (Fsp3) is 0.200. The van der Waals surface area contributed by atoms with Gasteiger partial charge in [-0.3, -0.25) is 4.79 Å². The molecule has 0 saturated carbocycles. The molecule has 0 fully saturated rings. The zero-order valence-corrected chi connectivity index (χ0v) is 7.72. The molecule has 0 radical (unpaired) electrons. The quantitative estimate of drug-likeness (QED) is 0.708. The topological polar surface area (TPSA) is 40.9 Å². The molecule has 0 atom stereocenters. The molecule has 0 spiro atoms. The molecule has 15 heavy (non-hydrogen) atoms. The molecule has 0 bridgehead atoms.